The van der Waals surface area contributed by atoms with Crippen molar-refractivity contribution in [2.45, 2.75) is 38.3 Å². The monoisotopic (exact) mass is 506 g/mol. The minimum atomic E-state index is -0.0446. The number of hydrogen-bond donors (Lipinski definition) is 1. The molecule has 4 aromatic carbocycles. The van der Waals surface area contributed by atoms with Crippen molar-refractivity contribution in [2.75, 3.05) is 18.5 Å². The molecule has 38 heavy (non-hydrogen) atoms. The average molecular weight is 507 g/mol. The minimum Gasteiger partial charge on any atom is -0.492 e. The fourth-order valence-electron chi connectivity index (χ4n) is 4.79. The van der Waals surface area contributed by atoms with E-state index in [2.05, 4.69) is 40.5 Å². The molecule has 1 aliphatic rings. The molecule has 4 aromatic rings. The number of carbonyl (C=O) groups excluding carboxylic acids is 1. The summed E-state index contributed by atoms with van der Waals surface area (Å²) in [5.41, 5.74) is 3.08. The van der Waals surface area contributed by atoms with Crippen molar-refractivity contribution in [3.8, 4) is 17.2 Å². The number of nitrogens with one attached hydrogen (secondary N) is 1. The first-order valence-corrected chi connectivity index (χ1v) is 13.3. The third-order valence-corrected chi connectivity index (χ3v) is 6.82. The molecule has 1 heterocycles. The van der Waals surface area contributed by atoms with E-state index in [1.807, 2.05) is 78.9 Å². The predicted octanol–water partition coefficient (Wildman–Crippen LogP) is 7.09. The Bertz CT molecular complexity index is 1280. The van der Waals surface area contributed by atoms with Crippen LogP contribution in [-0.2, 0) is 17.8 Å². The van der Waals surface area contributed by atoms with Gasteiger partial charge < -0.3 is 14.8 Å². The molecule has 5 nitrogen and oxygen atoms in total. The Labute approximate surface area is 225 Å². The third-order valence-electron chi connectivity index (χ3n) is 6.82. The molecule has 0 aliphatic carbocycles. The van der Waals surface area contributed by atoms with Gasteiger partial charge in [0.05, 0.1) is 6.42 Å². The Morgan fingerprint density at radius 3 is 2.08 bits per heavy atom. The number of amides is 1. The SMILES string of the molecule is O=C(Cc1ccc(Oc2ccc(OCC3CCCCN3Cc3ccccc3)cc2)cc1)Nc1ccccc1. The van der Waals surface area contributed by atoms with Gasteiger partial charge in [0.1, 0.15) is 23.9 Å². The Kier molecular flexibility index (Phi) is 8.69. The Morgan fingerprint density at radius 2 is 1.37 bits per heavy atom. The van der Waals surface area contributed by atoms with Crippen LogP contribution in [-0.4, -0.2) is 30.0 Å². The second kappa shape index (κ2) is 12.9. The van der Waals surface area contributed by atoms with E-state index in [0.29, 0.717) is 19.1 Å². The second-order valence-electron chi connectivity index (χ2n) is 9.73. The maximum atomic E-state index is 12.3. The van der Waals surface area contributed by atoms with Crippen LogP contribution >= 0.6 is 0 Å². The maximum absolute atomic E-state index is 12.3. The van der Waals surface area contributed by atoms with Crippen LogP contribution in [0.1, 0.15) is 30.4 Å². The fourth-order valence-corrected chi connectivity index (χ4v) is 4.79. The summed E-state index contributed by atoms with van der Waals surface area (Å²) in [4.78, 5) is 14.8. The highest BCUT2D eigenvalue weighted by atomic mass is 16.5. The molecular weight excluding hydrogens is 472 g/mol. The van der Waals surface area contributed by atoms with Crippen LogP contribution in [0.2, 0.25) is 0 Å². The van der Waals surface area contributed by atoms with Gasteiger partial charge in [0, 0.05) is 18.3 Å². The zero-order valence-corrected chi connectivity index (χ0v) is 21.6. The van der Waals surface area contributed by atoms with Gasteiger partial charge in [-0.3, -0.25) is 9.69 Å². The minimum absolute atomic E-state index is 0.0446. The van der Waals surface area contributed by atoms with Crippen LogP contribution in [0.5, 0.6) is 17.2 Å². The van der Waals surface area contributed by atoms with E-state index < -0.39 is 0 Å². The lowest BCUT2D eigenvalue weighted by molar-refractivity contribution is -0.115. The topological polar surface area (TPSA) is 50.8 Å². The Balaban J connectivity index is 1.09. The number of ether oxygens (including phenoxy) is 2. The van der Waals surface area contributed by atoms with E-state index in [4.69, 9.17) is 9.47 Å². The maximum Gasteiger partial charge on any atom is 0.228 e. The van der Waals surface area contributed by atoms with E-state index in [0.717, 1.165) is 48.0 Å². The van der Waals surface area contributed by atoms with Crippen molar-refractivity contribution >= 4 is 11.6 Å². The van der Waals surface area contributed by atoms with Gasteiger partial charge >= 0.3 is 0 Å². The molecule has 5 heteroatoms. The summed E-state index contributed by atoms with van der Waals surface area (Å²) < 4.78 is 12.2. The van der Waals surface area contributed by atoms with Gasteiger partial charge in [-0.15, -0.1) is 0 Å². The number of benzene rings is 4. The molecule has 1 unspecified atom stereocenters. The van der Waals surface area contributed by atoms with Crippen LogP contribution in [0.15, 0.2) is 109 Å². The van der Waals surface area contributed by atoms with E-state index >= 15 is 0 Å². The van der Waals surface area contributed by atoms with Crippen LogP contribution in [0.25, 0.3) is 0 Å². The number of para-hydroxylation sites is 1. The molecule has 1 amide bonds. The first-order valence-electron chi connectivity index (χ1n) is 13.3. The lowest BCUT2D eigenvalue weighted by atomic mass is 10.0. The third kappa shape index (κ3) is 7.46. The van der Waals surface area contributed by atoms with Crippen LogP contribution in [0, 0.1) is 0 Å². The summed E-state index contributed by atoms with van der Waals surface area (Å²) in [6.07, 6.45) is 3.97. The fraction of sp³-hybridized carbons (Fsp3) is 0.242. The Hall–Kier alpha value is -4.09. The van der Waals surface area contributed by atoms with E-state index in [-0.39, 0.29) is 5.91 Å². The number of carbonyl (C=O) groups is 1. The summed E-state index contributed by atoms with van der Waals surface area (Å²) >= 11 is 0. The van der Waals surface area contributed by atoms with Crippen molar-refractivity contribution < 1.29 is 14.3 Å². The van der Waals surface area contributed by atoms with Gasteiger partial charge in [-0.05, 0) is 79.0 Å². The summed E-state index contributed by atoms with van der Waals surface area (Å²) in [5.74, 6) is 2.28. The first kappa shape index (κ1) is 25.6. The molecule has 1 N–H and O–H groups in total. The number of nitrogens with zero attached hydrogens (tertiary/aromatic N) is 1. The highest BCUT2D eigenvalue weighted by Crippen LogP contribution is 2.26. The number of anilines is 1. The van der Waals surface area contributed by atoms with Crippen molar-refractivity contribution in [2.24, 2.45) is 0 Å². The molecule has 5 rings (SSSR count). The molecule has 1 atom stereocenters. The van der Waals surface area contributed by atoms with Gasteiger partial charge in [-0.1, -0.05) is 67.1 Å². The van der Waals surface area contributed by atoms with Crippen molar-refractivity contribution in [3.63, 3.8) is 0 Å². The molecule has 0 radical (unpaired) electrons. The molecular formula is C33H34N2O3. The van der Waals surface area contributed by atoms with Crippen LogP contribution in [0.3, 0.4) is 0 Å². The quantitative estimate of drug-likeness (QED) is 0.249. The average Bonchev–Trinajstić information content (AvgIpc) is 2.95. The Morgan fingerprint density at radius 1 is 0.737 bits per heavy atom. The standard InChI is InChI=1S/C33H34N2O3/c36-33(34-28-11-5-2-6-12-28)23-26-14-16-31(17-15-26)38-32-20-18-30(19-21-32)37-25-29-13-7-8-22-35(29)24-27-9-3-1-4-10-27/h1-6,9-12,14-21,29H,7-8,13,22-25H2,(H,34,36). The van der Waals surface area contributed by atoms with Crippen LogP contribution in [0.4, 0.5) is 5.69 Å². The summed E-state index contributed by atoms with van der Waals surface area (Å²) in [5, 5.41) is 2.91. The number of likely N-dealkylation sites (tertiary alicyclic amines) is 1. The second-order valence-corrected chi connectivity index (χ2v) is 9.73. The van der Waals surface area contributed by atoms with Gasteiger partial charge in [-0.2, -0.15) is 0 Å². The molecule has 0 saturated carbocycles. The smallest absolute Gasteiger partial charge is 0.228 e. The summed E-state index contributed by atoms with van der Waals surface area (Å²) in [7, 11) is 0. The van der Waals surface area contributed by atoms with Crippen molar-refractivity contribution in [1.29, 1.82) is 0 Å². The van der Waals surface area contributed by atoms with Crippen LogP contribution < -0.4 is 14.8 Å². The number of rotatable bonds is 10. The number of hydrogen-bond acceptors (Lipinski definition) is 4. The molecule has 1 saturated heterocycles. The molecule has 194 valence electrons. The summed E-state index contributed by atoms with van der Waals surface area (Å²) in [6.45, 7) is 2.77. The van der Waals surface area contributed by atoms with Crippen molar-refractivity contribution in [3.05, 3.63) is 120 Å². The molecule has 1 aliphatic heterocycles. The normalized spacial score (nSPS) is 15.5. The van der Waals surface area contributed by atoms with Gasteiger partial charge in [0.25, 0.3) is 0 Å². The predicted molar refractivity (Wildman–Crippen MR) is 152 cm³/mol. The lowest BCUT2D eigenvalue weighted by Crippen LogP contribution is -2.42. The van der Waals surface area contributed by atoms with Gasteiger partial charge in [-0.25, -0.2) is 0 Å². The zero-order chi connectivity index (χ0) is 26.0. The van der Waals surface area contributed by atoms with Gasteiger partial charge in [0.2, 0.25) is 5.91 Å². The highest BCUT2D eigenvalue weighted by molar-refractivity contribution is 5.92. The van der Waals surface area contributed by atoms with Gasteiger partial charge in [0.15, 0.2) is 0 Å². The van der Waals surface area contributed by atoms with E-state index in [1.54, 1.807) is 0 Å². The highest BCUT2D eigenvalue weighted by Gasteiger charge is 2.23. The molecule has 0 spiro atoms. The van der Waals surface area contributed by atoms with E-state index in [9.17, 15) is 4.79 Å². The van der Waals surface area contributed by atoms with Crippen molar-refractivity contribution in [1.82, 2.24) is 4.90 Å². The van der Waals surface area contributed by atoms with E-state index in [1.165, 1.54) is 18.4 Å². The lowest BCUT2D eigenvalue weighted by Gasteiger charge is -2.35. The molecule has 0 aromatic heterocycles. The zero-order valence-electron chi connectivity index (χ0n) is 21.6. The molecule has 1 fully saturated rings. The largest absolute Gasteiger partial charge is 0.492 e. The molecule has 0 bridgehead atoms. The summed E-state index contributed by atoms with van der Waals surface area (Å²) in [6, 6.07) is 36.0. The first-order chi connectivity index (χ1) is 18.7. The number of piperidine rings is 1.